The Morgan fingerprint density at radius 1 is 1.25 bits per heavy atom. The molecule has 24 heavy (non-hydrogen) atoms. The molecule has 0 unspecified atom stereocenters. The molecule has 0 aliphatic rings. The van der Waals surface area contributed by atoms with Crippen LogP contribution >= 0.6 is 23.3 Å². The van der Waals surface area contributed by atoms with Crippen molar-refractivity contribution in [3.05, 3.63) is 45.6 Å². The van der Waals surface area contributed by atoms with Gasteiger partial charge in [-0.3, -0.25) is 10.1 Å². The highest BCUT2D eigenvalue weighted by Crippen LogP contribution is 2.29. The Labute approximate surface area is 146 Å². The van der Waals surface area contributed by atoms with Crippen molar-refractivity contribution in [1.29, 1.82) is 0 Å². The highest BCUT2D eigenvalue weighted by molar-refractivity contribution is 7.98. The number of aryl methyl sites for hydroxylation is 1. The molecule has 2 aromatic heterocycles. The fraction of sp³-hybridized carbons (Fsp3) is 0.286. The van der Waals surface area contributed by atoms with Crippen LogP contribution in [0.25, 0.3) is 10.7 Å². The van der Waals surface area contributed by atoms with Crippen molar-refractivity contribution >= 4 is 29.0 Å². The summed E-state index contributed by atoms with van der Waals surface area (Å²) in [5, 5.41) is 24.0. The molecule has 0 spiro atoms. The Morgan fingerprint density at radius 3 is 2.58 bits per heavy atom. The number of nitro benzene ring substituents is 1. The highest BCUT2D eigenvalue weighted by atomic mass is 32.2. The molecule has 0 bridgehead atoms. The molecule has 10 heteroatoms. The number of nitro groups is 1. The average Bonchev–Trinajstić information content (AvgIpc) is 3.18. The van der Waals surface area contributed by atoms with E-state index in [0.717, 1.165) is 33.7 Å². The number of non-ortho nitro benzene ring substituents is 1. The lowest BCUT2D eigenvalue weighted by atomic mass is 10.2. The van der Waals surface area contributed by atoms with Gasteiger partial charge in [0.1, 0.15) is 4.88 Å². The molecular formula is C14H14N6O2S2. The third-order valence-electron chi connectivity index (χ3n) is 3.40. The van der Waals surface area contributed by atoms with E-state index in [2.05, 4.69) is 19.8 Å². The van der Waals surface area contributed by atoms with Crippen LogP contribution < -0.4 is 0 Å². The summed E-state index contributed by atoms with van der Waals surface area (Å²) in [7, 11) is 0. The van der Waals surface area contributed by atoms with Gasteiger partial charge in [0, 0.05) is 24.4 Å². The van der Waals surface area contributed by atoms with Gasteiger partial charge in [0.05, 0.1) is 10.6 Å². The van der Waals surface area contributed by atoms with Gasteiger partial charge in [0.2, 0.25) is 0 Å². The van der Waals surface area contributed by atoms with Crippen molar-refractivity contribution in [2.24, 2.45) is 0 Å². The van der Waals surface area contributed by atoms with E-state index in [4.69, 9.17) is 0 Å². The van der Waals surface area contributed by atoms with Crippen molar-refractivity contribution in [2.45, 2.75) is 31.3 Å². The first-order valence-electron chi connectivity index (χ1n) is 7.18. The zero-order chi connectivity index (χ0) is 17.1. The molecular weight excluding hydrogens is 348 g/mol. The van der Waals surface area contributed by atoms with Crippen LogP contribution in [0.5, 0.6) is 0 Å². The summed E-state index contributed by atoms with van der Waals surface area (Å²) >= 11 is 2.85. The van der Waals surface area contributed by atoms with Crippen molar-refractivity contribution in [3.8, 4) is 10.7 Å². The van der Waals surface area contributed by atoms with Crippen LogP contribution in [-0.4, -0.2) is 29.3 Å². The molecule has 2 heterocycles. The van der Waals surface area contributed by atoms with Crippen LogP contribution in [0.3, 0.4) is 0 Å². The van der Waals surface area contributed by atoms with Gasteiger partial charge in [0.15, 0.2) is 11.0 Å². The number of thioether (sulfide) groups is 1. The maximum Gasteiger partial charge on any atom is 0.269 e. The third-order valence-corrected chi connectivity index (χ3v) is 5.26. The summed E-state index contributed by atoms with van der Waals surface area (Å²) in [5.41, 5.74) is 1.93. The largest absolute Gasteiger partial charge is 0.302 e. The van der Waals surface area contributed by atoms with Gasteiger partial charge in [0.25, 0.3) is 5.69 Å². The smallest absolute Gasteiger partial charge is 0.269 e. The molecule has 1 aromatic carbocycles. The van der Waals surface area contributed by atoms with Gasteiger partial charge in [-0.15, -0.1) is 15.3 Å². The highest BCUT2D eigenvalue weighted by Gasteiger charge is 2.17. The van der Waals surface area contributed by atoms with Gasteiger partial charge in [-0.05, 0) is 30.9 Å². The molecule has 0 aliphatic carbocycles. The lowest BCUT2D eigenvalue weighted by Gasteiger charge is -2.06. The fourth-order valence-electron chi connectivity index (χ4n) is 2.15. The van der Waals surface area contributed by atoms with Crippen LogP contribution in [0.15, 0.2) is 29.4 Å². The van der Waals surface area contributed by atoms with Gasteiger partial charge < -0.3 is 4.57 Å². The summed E-state index contributed by atoms with van der Waals surface area (Å²) in [5.74, 6) is 1.44. The normalized spacial score (nSPS) is 10.9. The summed E-state index contributed by atoms with van der Waals surface area (Å²) < 4.78 is 5.97. The minimum absolute atomic E-state index is 0.0935. The van der Waals surface area contributed by atoms with Crippen LogP contribution in [0, 0.1) is 17.0 Å². The molecule has 0 saturated heterocycles. The number of nitrogens with zero attached hydrogens (tertiary/aromatic N) is 6. The first-order valence-corrected chi connectivity index (χ1v) is 8.94. The summed E-state index contributed by atoms with van der Waals surface area (Å²) in [6, 6.07) is 6.54. The van der Waals surface area contributed by atoms with Crippen molar-refractivity contribution < 1.29 is 4.92 Å². The predicted molar refractivity (Wildman–Crippen MR) is 92.0 cm³/mol. The van der Waals surface area contributed by atoms with Crippen LogP contribution in [0.2, 0.25) is 0 Å². The van der Waals surface area contributed by atoms with Gasteiger partial charge in [-0.1, -0.05) is 28.4 Å². The van der Waals surface area contributed by atoms with E-state index >= 15 is 0 Å². The Morgan fingerprint density at radius 2 is 2.00 bits per heavy atom. The number of hydrogen-bond acceptors (Lipinski definition) is 8. The van der Waals surface area contributed by atoms with Gasteiger partial charge >= 0.3 is 0 Å². The van der Waals surface area contributed by atoms with E-state index in [1.54, 1.807) is 23.9 Å². The molecule has 0 N–H and O–H groups in total. The second-order valence-corrected chi connectivity index (χ2v) is 6.65. The average molecular weight is 362 g/mol. The van der Waals surface area contributed by atoms with Crippen molar-refractivity contribution in [1.82, 2.24) is 24.4 Å². The third kappa shape index (κ3) is 3.29. The van der Waals surface area contributed by atoms with E-state index in [-0.39, 0.29) is 5.69 Å². The van der Waals surface area contributed by atoms with Crippen LogP contribution in [-0.2, 0) is 12.3 Å². The SMILES string of the molecule is CCn1c(SCc2ccc([N+](=O)[O-])cc2)nnc1-c1snnc1C. The second kappa shape index (κ2) is 7.05. The quantitative estimate of drug-likeness (QED) is 0.377. The Hall–Kier alpha value is -2.33. The molecule has 124 valence electrons. The molecule has 0 saturated carbocycles. The van der Waals surface area contributed by atoms with Crippen LogP contribution in [0.1, 0.15) is 18.2 Å². The van der Waals surface area contributed by atoms with E-state index in [1.165, 1.54) is 23.7 Å². The number of hydrogen-bond donors (Lipinski definition) is 0. The van der Waals surface area contributed by atoms with Crippen LogP contribution in [0.4, 0.5) is 5.69 Å². The molecule has 3 rings (SSSR count). The zero-order valence-corrected chi connectivity index (χ0v) is 14.7. The standard InChI is InChI=1S/C14H14N6O2S2/c1-3-19-13(12-9(2)15-18-24-12)16-17-14(19)23-8-10-4-6-11(7-5-10)20(21)22/h4-7H,3,8H2,1-2H3. The zero-order valence-electron chi connectivity index (χ0n) is 13.0. The lowest BCUT2D eigenvalue weighted by Crippen LogP contribution is -1.99. The minimum Gasteiger partial charge on any atom is -0.302 e. The van der Waals surface area contributed by atoms with E-state index < -0.39 is 4.92 Å². The second-order valence-electron chi connectivity index (χ2n) is 4.95. The fourth-order valence-corrected chi connectivity index (χ4v) is 3.76. The maximum absolute atomic E-state index is 10.7. The van der Waals surface area contributed by atoms with E-state index in [1.807, 2.05) is 18.4 Å². The molecule has 3 aromatic rings. The molecule has 0 atom stereocenters. The topological polar surface area (TPSA) is 99.6 Å². The number of rotatable bonds is 6. The molecule has 8 nitrogen and oxygen atoms in total. The first-order chi connectivity index (χ1) is 11.6. The molecule has 0 radical (unpaired) electrons. The van der Waals surface area contributed by atoms with Gasteiger partial charge in [-0.25, -0.2) is 0 Å². The summed E-state index contributed by atoms with van der Waals surface area (Å²) in [6.07, 6.45) is 0. The minimum atomic E-state index is -0.400. The summed E-state index contributed by atoms with van der Waals surface area (Å²) in [6.45, 7) is 4.67. The van der Waals surface area contributed by atoms with E-state index in [0.29, 0.717) is 5.75 Å². The molecule has 0 fully saturated rings. The maximum atomic E-state index is 10.7. The van der Waals surface area contributed by atoms with Crippen molar-refractivity contribution in [2.75, 3.05) is 0 Å². The number of benzene rings is 1. The molecule has 0 amide bonds. The number of aromatic nitrogens is 5. The monoisotopic (exact) mass is 362 g/mol. The Bertz CT molecular complexity index is 859. The van der Waals surface area contributed by atoms with Crippen molar-refractivity contribution in [3.63, 3.8) is 0 Å². The Balaban J connectivity index is 1.77. The van der Waals surface area contributed by atoms with Gasteiger partial charge in [-0.2, -0.15) is 0 Å². The first kappa shape index (κ1) is 16.5. The predicted octanol–water partition coefficient (Wildman–Crippen LogP) is 3.33. The lowest BCUT2D eigenvalue weighted by molar-refractivity contribution is -0.384. The molecule has 0 aliphatic heterocycles. The summed E-state index contributed by atoms with van der Waals surface area (Å²) in [4.78, 5) is 11.2. The van der Waals surface area contributed by atoms with E-state index in [9.17, 15) is 10.1 Å². The Kier molecular flexibility index (Phi) is 4.86.